The molecule has 0 saturated carbocycles. The van der Waals surface area contributed by atoms with Crippen LogP contribution in [-0.4, -0.2) is 34.3 Å². The molecule has 5 heteroatoms. The van der Waals surface area contributed by atoms with Gasteiger partial charge in [0.2, 0.25) is 5.76 Å². The number of hydrogen-bond acceptors (Lipinski definition) is 3. The second-order valence-electron chi connectivity index (χ2n) is 4.42. The van der Waals surface area contributed by atoms with Crippen LogP contribution in [0.1, 0.15) is 41.9 Å². The number of aryl methyl sites for hydroxylation is 1. The van der Waals surface area contributed by atoms with Gasteiger partial charge in [-0.3, -0.25) is 4.79 Å². The Labute approximate surface area is 106 Å². The third-order valence-corrected chi connectivity index (χ3v) is 3.61. The first-order valence-electron chi connectivity index (χ1n) is 6.01. The predicted molar refractivity (Wildman–Crippen MR) is 65.3 cm³/mol. The molecule has 94 valence electrons. The van der Waals surface area contributed by atoms with Gasteiger partial charge in [-0.2, -0.15) is 0 Å². The first-order valence-corrected chi connectivity index (χ1v) is 6.54. The summed E-state index contributed by atoms with van der Waals surface area (Å²) in [5, 5.41) is 0. The lowest BCUT2D eigenvalue weighted by Gasteiger charge is -2.27. The summed E-state index contributed by atoms with van der Waals surface area (Å²) in [6.45, 7) is 2.54. The van der Waals surface area contributed by atoms with E-state index in [0.717, 1.165) is 32.2 Å². The van der Waals surface area contributed by atoms with Gasteiger partial charge in [-0.05, 0) is 19.8 Å². The van der Waals surface area contributed by atoms with Crippen LogP contribution in [0.5, 0.6) is 0 Å². The van der Waals surface area contributed by atoms with E-state index in [-0.39, 0.29) is 11.9 Å². The number of carbonyl (C=O) groups is 1. The molecule has 0 bridgehead atoms. The lowest BCUT2D eigenvalue weighted by atomic mass is 10.1. The molecule has 17 heavy (non-hydrogen) atoms. The minimum Gasteiger partial charge on any atom is -0.438 e. The average molecular weight is 257 g/mol. The van der Waals surface area contributed by atoms with Crippen molar-refractivity contribution in [3.63, 3.8) is 0 Å². The highest BCUT2D eigenvalue weighted by Gasteiger charge is 2.28. The van der Waals surface area contributed by atoms with Gasteiger partial charge in [-0.25, -0.2) is 4.98 Å². The van der Waals surface area contributed by atoms with Gasteiger partial charge in [0, 0.05) is 18.5 Å². The van der Waals surface area contributed by atoms with E-state index in [0.29, 0.717) is 17.3 Å². The molecule has 0 N–H and O–H groups in total. The second-order valence-corrected chi connectivity index (χ2v) is 4.73. The Morgan fingerprint density at radius 1 is 1.59 bits per heavy atom. The van der Waals surface area contributed by atoms with Crippen LogP contribution in [0.3, 0.4) is 0 Å². The molecule has 0 aliphatic carbocycles. The van der Waals surface area contributed by atoms with Crippen molar-refractivity contribution in [2.45, 2.75) is 38.6 Å². The second kappa shape index (κ2) is 5.54. The fraction of sp³-hybridized carbons (Fsp3) is 0.667. The van der Waals surface area contributed by atoms with Gasteiger partial charge in [-0.15, -0.1) is 11.6 Å². The van der Waals surface area contributed by atoms with E-state index < -0.39 is 0 Å². The van der Waals surface area contributed by atoms with Gasteiger partial charge < -0.3 is 9.32 Å². The van der Waals surface area contributed by atoms with Crippen LogP contribution in [0.2, 0.25) is 0 Å². The van der Waals surface area contributed by atoms with Crippen molar-refractivity contribution in [2.24, 2.45) is 0 Å². The van der Waals surface area contributed by atoms with Crippen LogP contribution < -0.4 is 0 Å². The topological polar surface area (TPSA) is 46.3 Å². The molecular weight excluding hydrogens is 240 g/mol. The Kier molecular flexibility index (Phi) is 4.05. The summed E-state index contributed by atoms with van der Waals surface area (Å²) >= 11 is 5.95. The van der Waals surface area contributed by atoms with E-state index in [9.17, 15) is 4.79 Å². The zero-order valence-corrected chi connectivity index (χ0v) is 10.7. The number of oxazole rings is 1. The molecule has 0 aromatic carbocycles. The van der Waals surface area contributed by atoms with Crippen LogP contribution in [0, 0.1) is 6.92 Å². The maximum atomic E-state index is 12.3. The average Bonchev–Trinajstić information content (AvgIpc) is 2.64. The maximum absolute atomic E-state index is 12.3. The third-order valence-electron chi connectivity index (χ3n) is 3.26. The summed E-state index contributed by atoms with van der Waals surface area (Å²) in [5.74, 6) is 0.758. The normalized spacial score (nSPS) is 21.3. The van der Waals surface area contributed by atoms with E-state index in [2.05, 4.69) is 4.98 Å². The quantitative estimate of drug-likeness (QED) is 0.764. The van der Waals surface area contributed by atoms with Gasteiger partial charge in [0.25, 0.3) is 5.91 Å². The minimum atomic E-state index is -0.0763. The molecule has 1 unspecified atom stereocenters. The Hall–Kier alpha value is -1.03. The van der Waals surface area contributed by atoms with Gasteiger partial charge in [0.1, 0.15) is 0 Å². The van der Waals surface area contributed by atoms with Gasteiger partial charge in [0.15, 0.2) is 6.39 Å². The van der Waals surface area contributed by atoms with Crippen molar-refractivity contribution in [1.82, 2.24) is 9.88 Å². The number of likely N-dealkylation sites (tertiary alicyclic amines) is 1. The van der Waals surface area contributed by atoms with Crippen molar-refractivity contribution >= 4 is 17.5 Å². The third kappa shape index (κ3) is 2.63. The first kappa shape index (κ1) is 12.4. The van der Waals surface area contributed by atoms with Crippen LogP contribution in [-0.2, 0) is 0 Å². The smallest absolute Gasteiger partial charge is 0.291 e. The number of rotatable bonds is 2. The van der Waals surface area contributed by atoms with Crippen molar-refractivity contribution in [3.8, 4) is 0 Å². The molecule has 1 aliphatic rings. The van der Waals surface area contributed by atoms with E-state index in [1.54, 1.807) is 6.92 Å². The SMILES string of the molecule is Cc1ncoc1C(=O)N1CCCCCC1CCl. The van der Waals surface area contributed by atoms with Crippen LogP contribution >= 0.6 is 11.6 Å². The minimum absolute atomic E-state index is 0.0763. The molecule has 0 radical (unpaired) electrons. The van der Waals surface area contributed by atoms with Gasteiger partial charge in [0.05, 0.1) is 5.69 Å². The van der Waals surface area contributed by atoms with E-state index >= 15 is 0 Å². The standard InChI is InChI=1S/C12H17ClN2O2/c1-9-11(17-8-14-9)12(16)15-6-4-2-3-5-10(15)7-13/h8,10H,2-7H2,1H3. The largest absolute Gasteiger partial charge is 0.438 e. The van der Waals surface area contributed by atoms with Crippen molar-refractivity contribution in [1.29, 1.82) is 0 Å². The van der Waals surface area contributed by atoms with Crippen LogP contribution in [0.15, 0.2) is 10.8 Å². The summed E-state index contributed by atoms with van der Waals surface area (Å²) in [6, 6.07) is 0.121. The van der Waals surface area contributed by atoms with Crippen LogP contribution in [0.25, 0.3) is 0 Å². The molecule has 1 saturated heterocycles. The van der Waals surface area contributed by atoms with E-state index in [1.807, 2.05) is 4.90 Å². The lowest BCUT2D eigenvalue weighted by molar-refractivity contribution is 0.0666. The molecule has 0 spiro atoms. The fourth-order valence-electron chi connectivity index (χ4n) is 2.24. The highest BCUT2D eigenvalue weighted by Crippen LogP contribution is 2.21. The highest BCUT2D eigenvalue weighted by atomic mass is 35.5. The number of carbonyl (C=O) groups excluding carboxylic acids is 1. The van der Waals surface area contributed by atoms with Crippen molar-refractivity contribution < 1.29 is 9.21 Å². The number of hydrogen-bond donors (Lipinski definition) is 0. The zero-order chi connectivity index (χ0) is 12.3. The summed E-state index contributed by atoms with van der Waals surface area (Å²) in [5.41, 5.74) is 0.646. The molecule has 4 nitrogen and oxygen atoms in total. The van der Waals surface area contributed by atoms with Crippen molar-refractivity contribution in [3.05, 3.63) is 17.8 Å². The molecule has 1 amide bonds. The zero-order valence-electron chi connectivity index (χ0n) is 9.99. The van der Waals surface area contributed by atoms with E-state index in [4.69, 9.17) is 16.0 Å². The number of nitrogens with zero attached hydrogens (tertiary/aromatic N) is 2. The summed E-state index contributed by atoms with van der Waals surface area (Å²) in [7, 11) is 0. The Balaban J connectivity index is 2.18. The predicted octanol–water partition coefficient (Wildman–Crippen LogP) is 2.61. The van der Waals surface area contributed by atoms with Gasteiger partial charge in [-0.1, -0.05) is 12.8 Å². The maximum Gasteiger partial charge on any atom is 0.291 e. The number of alkyl halides is 1. The van der Waals surface area contributed by atoms with Crippen LogP contribution in [0.4, 0.5) is 0 Å². The van der Waals surface area contributed by atoms with E-state index in [1.165, 1.54) is 6.39 Å². The Bertz CT molecular complexity index is 392. The lowest BCUT2D eigenvalue weighted by Crippen LogP contribution is -2.41. The first-order chi connectivity index (χ1) is 8.24. The molecule has 1 atom stereocenters. The number of aromatic nitrogens is 1. The van der Waals surface area contributed by atoms with Crippen molar-refractivity contribution in [2.75, 3.05) is 12.4 Å². The monoisotopic (exact) mass is 256 g/mol. The Morgan fingerprint density at radius 3 is 3.06 bits per heavy atom. The number of halogens is 1. The summed E-state index contributed by atoms with van der Waals surface area (Å²) < 4.78 is 5.17. The molecule has 1 aliphatic heterocycles. The summed E-state index contributed by atoms with van der Waals surface area (Å²) in [6.07, 6.45) is 5.62. The molecule has 2 rings (SSSR count). The number of amides is 1. The fourth-order valence-corrected chi connectivity index (χ4v) is 2.56. The Morgan fingerprint density at radius 2 is 2.41 bits per heavy atom. The molecule has 1 aromatic heterocycles. The highest BCUT2D eigenvalue weighted by molar-refractivity contribution is 6.18. The van der Waals surface area contributed by atoms with Gasteiger partial charge >= 0.3 is 0 Å². The summed E-state index contributed by atoms with van der Waals surface area (Å²) in [4.78, 5) is 18.1. The molecule has 1 fully saturated rings. The molecule has 2 heterocycles. The molecule has 1 aromatic rings. The molecular formula is C12H17ClN2O2.